The molecule has 1 N–H and O–H groups in total. The van der Waals surface area contributed by atoms with Crippen molar-refractivity contribution in [2.75, 3.05) is 6.61 Å². The van der Waals surface area contributed by atoms with E-state index in [1.807, 2.05) is 12.1 Å². The van der Waals surface area contributed by atoms with Crippen LogP contribution < -0.4 is 4.74 Å². The van der Waals surface area contributed by atoms with Crippen molar-refractivity contribution in [1.82, 2.24) is 0 Å². The molecule has 0 saturated carbocycles. The molecule has 0 amide bonds. The minimum atomic E-state index is -0.331. The van der Waals surface area contributed by atoms with E-state index in [1.165, 1.54) is 18.4 Å². The van der Waals surface area contributed by atoms with Crippen molar-refractivity contribution in [2.24, 2.45) is 5.92 Å². The summed E-state index contributed by atoms with van der Waals surface area (Å²) in [6.07, 6.45) is 3.87. The molecule has 0 radical (unpaired) electrons. The normalized spacial score (nSPS) is 17.4. The van der Waals surface area contributed by atoms with Gasteiger partial charge in [0.15, 0.2) is 0 Å². The molecule has 1 aliphatic heterocycles. The fraction of sp³-hybridized carbons (Fsp3) is 0.600. The number of fused-ring (bicyclic) bond motifs is 1. The van der Waals surface area contributed by atoms with Gasteiger partial charge < -0.3 is 9.84 Å². The third-order valence-electron chi connectivity index (χ3n) is 3.51. The average molecular weight is 234 g/mol. The highest BCUT2D eigenvalue weighted by Gasteiger charge is 2.16. The summed E-state index contributed by atoms with van der Waals surface area (Å²) in [5, 5.41) is 10.2. The van der Waals surface area contributed by atoms with E-state index >= 15 is 0 Å². The summed E-state index contributed by atoms with van der Waals surface area (Å²) < 4.78 is 5.47. The van der Waals surface area contributed by atoms with Gasteiger partial charge in [-0.1, -0.05) is 32.8 Å². The Bertz CT molecular complexity index is 373. The van der Waals surface area contributed by atoms with Crippen molar-refractivity contribution in [3.63, 3.8) is 0 Å². The Labute approximate surface area is 104 Å². The van der Waals surface area contributed by atoms with Crippen LogP contribution in [0.15, 0.2) is 18.2 Å². The van der Waals surface area contributed by atoms with Crippen molar-refractivity contribution in [3.8, 4) is 5.75 Å². The van der Waals surface area contributed by atoms with E-state index < -0.39 is 0 Å². The molecule has 1 aromatic carbocycles. The minimum Gasteiger partial charge on any atom is -0.493 e. The van der Waals surface area contributed by atoms with Crippen LogP contribution in [0.3, 0.4) is 0 Å². The zero-order chi connectivity index (χ0) is 12.3. The zero-order valence-corrected chi connectivity index (χ0v) is 10.8. The number of rotatable bonds is 5. The van der Waals surface area contributed by atoms with E-state index in [4.69, 9.17) is 4.74 Å². The van der Waals surface area contributed by atoms with Gasteiger partial charge in [0.1, 0.15) is 5.75 Å². The predicted molar refractivity (Wildman–Crippen MR) is 69.3 cm³/mol. The van der Waals surface area contributed by atoms with Gasteiger partial charge >= 0.3 is 0 Å². The second-order valence-electron chi connectivity index (χ2n) is 5.11. The van der Waals surface area contributed by atoms with Crippen molar-refractivity contribution in [2.45, 2.75) is 45.6 Å². The molecule has 17 heavy (non-hydrogen) atoms. The highest BCUT2D eigenvalue weighted by atomic mass is 16.5. The summed E-state index contributed by atoms with van der Waals surface area (Å²) in [7, 11) is 0. The van der Waals surface area contributed by atoms with Crippen LogP contribution in [0.5, 0.6) is 5.75 Å². The van der Waals surface area contributed by atoms with E-state index in [0.29, 0.717) is 5.92 Å². The first-order chi connectivity index (χ1) is 8.20. The Kier molecular flexibility index (Phi) is 4.06. The highest BCUT2D eigenvalue weighted by molar-refractivity contribution is 5.40. The molecule has 0 saturated heterocycles. The van der Waals surface area contributed by atoms with Gasteiger partial charge in [-0.25, -0.2) is 0 Å². The molecule has 2 nitrogen and oxygen atoms in total. The lowest BCUT2D eigenvalue weighted by molar-refractivity contribution is 0.145. The van der Waals surface area contributed by atoms with Crippen LogP contribution in [0.25, 0.3) is 0 Å². The fourth-order valence-corrected chi connectivity index (χ4v) is 2.54. The number of hydrogen-bond donors (Lipinski definition) is 1. The Hall–Kier alpha value is -1.02. The number of aliphatic hydroxyl groups is 1. The lowest BCUT2D eigenvalue weighted by Crippen LogP contribution is -2.04. The smallest absolute Gasteiger partial charge is 0.122 e. The maximum absolute atomic E-state index is 10.2. The summed E-state index contributed by atoms with van der Waals surface area (Å²) >= 11 is 0. The molecule has 0 aliphatic carbocycles. The molecule has 0 spiro atoms. The fourth-order valence-electron chi connectivity index (χ4n) is 2.54. The molecule has 2 heteroatoms. The Morgan fingerprint density at radius 3 is 3.00 bits per heavy atom. The molecular weight excluding hydrogens is 212 g/mol. The number of aliphatic hydroxyl groups excluding tert-OH is 1. The van der Waals surface area contributed by atoms with Crippen molar-refractivity contribution in [1.29, 1.82) is 0 Å². The quantitative estimate of drug-likeness (QED) is 0.845. The lowest BCUT2D eigenvalue weighted by Gasteiger charge is -2.16. The minimum absolute atomic E-state index is 0.331. The number of ether oxygens (including phenoxy) is 1. The van der Waals surface area contributed by atoms with Crippen molar-refractivity contribution >= 4 is 0 Å². The van der Waals surface area contributed by atoms with Gasteiger partial charge in [-0.05, 0) is 35.6 Å². The second kappa shape index (κ2) is 5.54. The van der Waals surface area contributed by atoms with E-state index in [2.05, 4.69) is 19.9 Å². The largest absolute Gasteiger partial charge is 0.493 e. The van der Waals surface area contributed by atoms with Crippen LogP contribution in [-0.2, 0) is 6.42 Å². The van der Waals surface area contributed by atoms with Crippen LogP contribution in [0.4, 0.5) is 0 Å². The molecule has 1 heterocycles. The van der Waals surface area contributed by atoms with Crippen molar-refractivity contribution < 1.29 is 9.84 Å². The summed E-state index contributed by atoms with van der Waals surface area (Å²) in [6, 6.07) is 6.09. The molecule has 1 aliphatic rings. The van der Waals surface area contributed by atoms with Gasteiger partial charge in [0, 0.05) is 6.42 Å². The molecule has 0 aromatic heterocycles. The Morgan fingerprint density at radius 1 is 1.41 bits per heavy atom. The summed E-state index contributed by atoms with van der Waals surface area (Å²) in [4.78, 5) is 0. The molecule has 94 valence electrons. The molecule has 2 rings (SSSR count). The maximum Gasteiger partial charge on any atom is 0.122 e. The third-order valence-corrected chi connectivity index (χ3v) is 3.51. The van der Waals surface area contributed by atoms with Crippen LogP contribution in [0, 0.1) is 5.92 Å². The first kappa shape index (κ1) is 12.4. The standard InChI is InChI=1S/C15H22O2/c1-3-4-11(2)9-14(16)12-5-6-15-13(10-12)7-8-17-15/h5-6,10-11,14,16H,3-4,7-9H2,1-2H3. The van der Waals surface area contributed by atoms with Gasteiger partial charge in [0.25, 0.3) is 0 Å². The summed E-state index contributed by atoms with van der Waals surface area (Å²) in [6.45, 7) is 5.18. The van der Waals surface area contributed by atoms with Gasteiger partial charge in [-0.3, -0.25) is 0 Å². The molecule has 1 aromatic rings. The number of benzene rings is 1. The third kappa shape index (κ3) is 3.01. The van der Waals surface area contributed by atoms with E-state index in [9.17, 15) is 5.11 Å². The molecule has 0 fully saturated rings. The van der Waals surface area contributed by atoms with Crippen molar-refractivity contribution in [3.05, 3.63) is 29.3 Å². The van der Waals surface area contributed by atoms with E-state index in [-0.39, 0.29) is 6.10 Å². The molecule has 2 atom stereocenters. The molecular formula is C15H22O2. The first-order valence-electron chi connectivity index (χ1n) is 6.64. The summed E-state index contributed by atoms with van der Waals surface area (Å²) in [5.41, 5.74) is 2.28. The lowest BCUT2D eigenvalue weighted by atomic mass is 9.94. The van der Waals surface area contributed by atoms with Crippen LogP contribution in [0.1, 0.15) is 50.3 Å². The molecule has 0 bridgehead atoms. The highest BCUT2D eigenvalue weighted by Crippen LogP contribution is 2.30. The Balaban J connectivity index is 2.01. The van der Waals surface area contributed by atoms with Gasteiger partial charge in [0.05, 0.1) is 12.7 Å². The van der Waals surface area contributed by atoms with Crippen LogP contribution in [0.2, 0.25) is 0 Å². The van der Waals surface area contributed by atoms with Gasteiger partial charge in [0.2, 0.25) is 0 Å². The maximum atomic E-state index is 10.2. The van der Waals surface area contributed by atoms with Crippen LogP contribution >= 0.6 is 0 Å². The van der Waals surface area contributed by atoms with Gasteiger partial charge in [-0.2, -0.15) is 0 Å². The monoisotopic (exact) mass is 234 g/mol. The van der Waals surface area contributed by atoms with E-state index in [1.54, 1.807) is 0 Å². The summed E-state index contributed by atoms with van der Waals surface area (Å²) in [5.74, 6) is 1.57. The Morgan fingerprint density at radius 2 is 2.24 bits per heavy atom. The first-order valence-corrected chi connectivity index (χ1v) is 6.64. The molecule has 2 unspecified atom stereocenters. The average Bonchev–Trinajstić information content (AvgIpc) is 2.75. The zero-order valence-electron chi connectivity index (χ0n) is 10.8. The van der Waals surface area contributed by atoms with Crippen LogP contribution in [-0.4, -0.2) is 11.7 Å². The SMILES string of the molecule is CCCC(C)CC(O)c1ccc2c(c1)CCO2. The second-order valence-corrected chi connectivity index (χ2v) is 5.11. The van der Waals surface area contributed by atoms with Gasteiger partial charge in [-0.15, -0.1) is 0 Å². The number of hydrogen-bond acceptors (Lipinski definition) is 2. The predicted octanol–water partition coefficient (Wildman–Crippen LogP) is 3.48. The topological polar surface area (TPSA) is 29.5 Å². The van der Waals surface area contributed by atoms with E-state index in [0.717, 1.165) is 30.8 Å².